The maximum atomic E-state index is 5.58. The molecule has 0 atom stereocenters. The molecule has 19 heavy (non-hydrogen) atoms. The minimum absolute atomic E-state index is 0. The van der Waals surface area contributed by atoms with Crippen molar-refractivity contribution in [3.63, 3.8) is 0 Å². The van der Waals surface area contributed by atoms with Crippen LogP contribution in [-0.2, 0) is 4.74 Å². The molecule has 1 saturated carbocycles. The highest BCUT2D eigenvalue weighted by Gasteiger charge is 2.20. The Morgan fingerprint density at radius 3 is 2.79 bits per heavy atom. The second kappa shape index (κ2) is 13.3. The fourth-order valence-corrected chi connectivity index (χ4v) is 1.81. The van der Waals surface area contributed by atoms with E-state index in [1.54, 1.807) is 0 Å². The van der Waals surface area contributed by atoms with Crippen molar-refractivity contribution in [2.75, 3.05) is 44.9 Å². The van der Waals surface area contributed by atoms with Crippen LogP contribution in [0.3, 0.4) is 0 Å². The standard InChI is InChI=1S/C13H27N3OS.HI/c1-3-14-13(16-8-10-18-2)15-7-4-9-17-11-12-5-6-12;/h12H,3-11H2,1-2H3,(H2,14,15,16);1H. The van der Waals surface area contributed by atoms with Crippen molar-refractivity contribution in [2.45, 2.75) is 26.2 Å². The Balaban J connectivity index is 0.00000324. The molecule has 0 spiro atoms. The van der Waals surface area contributed by atoms with Gasteiger partial charge in [0.25, 0.3) is 0 Å². The Bertz CT molecular complexity index is 238. The second-order valence-corrected chi connectivity index (χ2v) is 5.54. The topological polar surface area (TPSA) is 45.7 Å². The van der Waals surface area contributed by atoms with E-state index in [1.807, 2.05) is 11.8 Å². The van der Waals surface area contributed by atoms with Crippen LogP contribution in [0.2, 0.25) is 0 Å². The molecule has 4 nitrogen and oxygen atoms in total. The van der Waals surface area contributed by atoms with E-state index in [0.717, 1.165) is 56.9 Å². The fourth-order valence-electron chi connectivity index (χ4n) is 1.51. The minimum atomic E-state index is 0. The molecule has 0 bridgehead atoms. The molecule has 0 radical (unpaired) electrons. The van der Waals surface area contributed by atoms with Crippen molar-refractivity contribution in [1.82, 2.24) is 10.6 Å². The SMILES string of the molecule is CCNC(=NCCCOCC1CC1)NCCSC.I. The van der Waals surface area contributed by atoms with Gasteiger partial charge in [-0.2, -0.15) is 11.8 Å². The van der Waals surface area contributed by atoms with Gasteiger partial charge in [0.05, 0.1) is 0 Å². The predicted molar refractivity (Wildman–Crippen MR) is 95.9 cm³/mol. The molecule has 6 heteroatoms. The van der Waals surface area contributed by atoms with E-state index >= 15 is 0 Å². The Kier molecular flexibility index (Phi) is 13.5. The first-order valence-corrected chi connectivity index (χ1v) is 8.35. The molecule has 0 unspecified atom stereocenters. The summed E-state index contributed by atoms with van der Waals surface area (Å²) in [7, 11) is 0. The number of nitrogens with zero attached hydrogens (tertiary/aromatic N) is 1. The van der Waals surface area contributed by atoms with Gasteiger partial charge in [-0.1, -0.05) is 0 Å². The van der Waals surface area contributed by atoms with Crippen molar-refractivity contribution in [3.05, 3.63) is 0 Å². The molecule has 0 amide bonds. The first-order valence-electron chi connectivity index (χ1n) is 6.95. The average Bonchev–Trinajstić information content (AvgIpc) is 3.17. The predicted octanol–water partition coefficient (Wildman–Crippen LogP) is 2.34. The molecule has 1 aliphatic rings. The lowest BCUT2D eigenvalue weighted by atomic mass is 10.4. The van der Waals surface area contributed by atoms with Crippen molar-refractivity contribution in [1.29, 1.82) is 0 Å². The van der Waals surface area contributed by atoms with E-state index in [1.165, 1.54) is 12.8 Å². The maximum absolute atomic E-state index is 5.58. The molecule has 2 N–H and O–H groups in total. The maximum Gasteiger partial charge on any atom is 0.191 e. The molecule has 0 aromatic rings. The van der Waals surface area contributed by atoms with E-state index in [2.05, 4.69) is 28.8 Å². The number of rotatable bonds is 10. The van der Waals surface area contributed by atoms with E-state index in [0.29, 0.717) is 0 Å². The van der Waals surface area contributed by atoms with Gasteiger partial charge in [0.1, 0.15) is 0 Å². The lowest BCUT2D eigenvalue weighted by Crippen LogP contribution is -2.38. The summed E-state index contributed by atoms with van der Waals surface area (Å²) in [6.45, 7) is 6.58. The summed E-state index contributed by atoms with van der Waals surface area (Å²) in [6, 6.07) is 0. The number of hydrogen-bond donors (Lipinski definition) is 2. The smallest absolute Gasteiger partial charge is 0.191 e. The monoisotopic (exact) mass is 401 g/mol. The van der Waals surface area contributed by atoms with Gasteiger partial charge >= 0.3 is 0 Å². The first kappa shape index (κ1) is 19.3. The van der Waals surface area contributed by atoms with E-state index in [4.69, 9.17) is 4.74 Å². The lowest BCUT2D eigenvalue weighted by Gasteiger charge is -2.10. The summed E-state index contributed by atoms with van der Waals surface area (Å²) < 4.78 is 5.58. The summed E-state index contributed by atoms with van der Waals surface area (Å²) in [6.07, 6.45) is 5.85. The van der Waals surface area contributed by atoms with Crippen LogP contribution in [0.5, 0.6) is 0 Å². The number of thioether (sulfide) groups is 1. The average molecular weight is 401 g/mol. The largest absolute Gasteiger partial charge is 0.381 e. The zero-order valence-electron chi connectivity index (χ0n) is 12.1. The minimum Gasteiger partial charge on any atom is -0.381 e. The summed E-state index contributed by atoms with van der Waals surface area (Å²) in [5.41, 5.74) is 0. The number of aliphatic imine (C=N–C) groups is 1. The highest BCUT2D eigenvalue weighted by Crippen LogP contribution is 2.28. The van der Waals surface area contributed by atoms with E-state index < -0.39 is 0 Å². The number of hydrogen-bond acceptors (Lipinski definition) is 3. The van der Waals surface area contributed by atoms with Crippen LogP contribution in [0, 0.1) is 5.92 Å². The Labute approximate surface area is 138 Å². The number of guanidine groups is 1. The van der Waals surface area contributed by atoms with Gasteiger partial charge in [0.15, 0.2) is 5.96 Å². The Morgan fingerprint density at radius 2 is 2.16 bits per heavy atom. The second-order valence-electron chi connectivity index (χ2n) is 4.55. The highest BCUT2D eigenvalue weighted by atomic mass is 127. The van der Waals surface area contributed by atoms with Gasteiger partial charge in [-0.3, -0.25) is 4.99 Å². The van der Waals surface area contributed by atoms with Crippen molar-refractivity contribution in [3.8, 4) is 0 Å². The fraction of sp³-hybridized carbons (Fsp3) is 0.923. The van der Waals surface area contributed by atoms with Crippen LogP contribution in [0.4, 0.5) is 0 Å². The van der Waals surface area contributed by atoms with Crippen LogP contribution in [0.25, 0.3) is 0 Å². The van der Waals surface area contributed by atoms with Crippen molar-refractivity contribution in [2.24, 2.45) is 10.9 Å². The first-order chi connectivity index (χ1) is 8.86. The summed E-state index contributed by atoms with van der Waals surface area (Å²) in [5.74, 6) is 2.89. The zero-order valence-corrected chi connectivity index (χ0v) is 15.3. The normalized spacial score (nSPS) is 14.9. The van der Waals surface area contributed by atoms with E-state index in [-0.39, 0.29) is 24.0 Å². The molecule has 0 aromatic heterocycles. The molecule has 0 saturated heterocycles. The summed E-state index contributed by atoms with van der Waals surface area (Å²) in [5, 5.41) is 6.57. The van der Waals surface area contributed by atoms with Crippen LogP contribution in [0.1, 0.15) is 26.2 Å². The highest BCUT2D eigenvalue weighted by molar-refractivity contribution is 14.0. The molecule has 0 aromatic carbocycles. The molecule has 0 heterocycles. The van der Waals surface area contributed by atoms with Gasteiger partial charge in [-0.15, -0.1) is 24.0 Å². The van der Waals surface area contributed by atoms with Crippen LogP contribution in [0.15, 0.2) is 4.99 Å². The van der Waals surface area contributed by atoms with Gasteiger partial charge in [-0.05, 0) is 38.4 Å². The van der Waals surface area contributed by atoms with Crippen LogP contribution >= 0.6 is 35.7 Å². The molecular weight excluding hydrogens is 373 g/mol. The molecule has 1 rings (SSSR count). The molecule has 1 fully saturated rings. The number of halogens is 1. The number of ether oxygens (including phenoxy) is 1. The molecule has 1 aliphatic carbocycles. The quantitative estimate of drug-likeness (QED) is 0.255. The van der Waals surface area contributed by atoms with Gasteiger partial charge in [0, 0.05) is 38.6 Å². The third-order valence-corrected chi connectivity index (χ3v) is 3.32. The third kappa shape index (κ3) is 11.8. The Morgan fingerprint density at radius 1 is 1.37 bits per heavy atom. The van der Waals surface area contributed by atoms with Gasteiger partial charge in [-0.25, -0.2) is 0 Å². The van der Waals surface area contributed by atoms with E-state index in [9.17, 15) is 0 Å². The Hall–Kier alpha value is 0.310. The van der Waals surface area contributed by atoms with Gasteiger partial charge < -0.3 is 15.4 Å². The summed E-state index contributed by atoms with van der Waals surface area (Å²) >= 11 is 1.84. The third-order valence-electron chi connectivity index (χ3n) is 2.71. The molecule has 0 aliphatic heterocycles. The summed E-state index contributed by atoms with van der Waals surface area (Å²) in [4.78, 5) is 4.52. The van der Waals surface area contributed by atoms with Crippen molar-refractivity contribution >= 4 is 41.7 Å². The van der Waals surface area contributed by atoms with Crippen molar-refractivity contribution < 1.29 is 4.74 Å². The zero-order chi connectivity index (χ0) is 13.1. The van der Waals surface area contributed by atoms with Crippen LogP contribution in [-0.4, -0.2) is 50.8 Å². The van der Waals surface area contributed by atoms with Gasteiger partial charge in [0.2, 0.25) is 0 Å². The van der Waals surface area contributed by atoms with Crippen LogP contribution < -0.4 is 10.6 Å². The lowest BCUT2D eigenvalue weighted by molar-refractivity contribution is 0.123. The molecule has 114 valence electrons. The number of nitrogens with one attached hydrogen (secondary N) is 2. The molecular formula is C13H28IN3OS.